The number of likely N-dealkylation sites (tertiary alicyclic amines) is 1. The maximum absolute atomic E-state index is 6.21. The fourth-order valence-electron chi connectivity index (χ4n) is 4.46. The zero-order chi connectivity index (χ0) is 14.3. The fourth-order valence-corrected chi connectivity index (χ4v) is 4.46. The average molecular weight is 280 g/mol. The van der Waals surface area contributed by atoms with Crippen molar-refractivity contribution in [3.63, 3.8) is 0 Å². The molecule has 0 amide bonds. The number of rotatable bonds is 5. The summed E-state index contributed by atoms with van der Waals surface area (Å²) in [7, 11) is 0. The van der Waals surface area contributed by atoms with Gasteiger partial charge >= 0.3 is 0 Å². The molecule has 1 aliphatic heterocycles. The summed E-state index contributed by atoms with van der Waals surface area (Å²) < 4.78 is 0. The van der Waals surface area contributed by atoms with E-state index in [0.717, 1.165) is 12.5 Å². The molecule has 0 aromatic rings. The molecule has 0 aromatic carbocycles. The van der Waals surface area contributed by atoms with E-state index in [1.807, 2.05) is 0 Å². The Balaban J connectivity index is 1.87. The van der Waals surface area contributed by atoms with Gasteiger partial charge in [0, 0.05) is 6.54 Å². The molecule has 1 saturated carbocycles. The summed E-state index contributed by atoms with van der Waals surface area (Å²) in [4.78, 5) is 2.76. The molecule has 1 unspecified atom stereocenters. The van der Waals surface area contributed by atoms with Gasteiger partial charge in [0.25, 0.3) is 0 Å². The van der Waals surface area contributed by atoms with Crippen molar-refractivity contribution >= 4 is 0 Å². The molecule has 0 bridgehead atoms. The Morgan fingerprint density at radius 3 is 2.40 bits per heavy atom. The first-order chi connectivity index (χ1) is 9.78. The van der Waals surface area contributed by atoms with E-state index in [0.29, 0.717) is 5.41 Å². The molecular weight excluding hydrogens is 244 g/mol. The Labute approximate surface area is 126 Å². The molecule has 2 aliphatic rings. The SMILES string of the molecule is CCCC1CCCN(CC2(CN)CCCCCC2)CC1. The molecule has 1 saturated heterocycles. The van der Waals surface area contributed by atoms with E-state index < -0.39 is 0 Å². The van der Waals surface area contributed by atoms with Crippen LogP contribution < -0.4 is 5.73 Å². The van der Waals surface area contributed by atoms with Crippen molar-refractivity contribution in [3.05, 3.63) is 0 Å². The predicted molar refractivity (Wildman–Crippen MR) is 87.9 cm³/mol. The van der Waals surface area contributed by atoms with Gasteiger partial charge in [-0.05, 0) is 63.1 Å². The van der Waals surface area contributed by atoms with Crippen LogP contribution in [0.15, 0.2) is 0 Å². The van der Waals surface area contributed by atoms with E-state index in [-0.39, 0.29) is 0 Å². The molecule has 2 rings (SSSR count). The first-order valence-corrected chi connectivity index (χ1v) is 9.20. The smallest absolute Gasteiger partial charge is 0.00501 e. The average Bonchev–Trinajstić information content (AvgIpc) is 2.82. The monoisotopic (exact) mass is 280 g/mol. The van der Waals surface area contributed by atoms with Gasteiger partial charge in [-0.15, -0.1) is 0 Å². The van der Waals surface area contributed by atoms with E-state index in [9.17, 15) is 0 Å². The van der Waals surface area contributed by atoms with Gasteiger partial charge in [0.05, 0.1) is 0 Å². The quantitative estimate of drug-likeness (QED) is 0.765. The van der Waals surface area contributed by atoms with Crippen molar-refractivity contribution in [2.75, 3.05) is 26.2 Å². The Morgan fingerprint density at radius 2 is 1.75 bits per heavy atom. The summed E-state index contributed by atoms with van der Waals surface area (Å²) in [6.07, 6.45) is 15.5. The van der Waals surface area contributed by atoms with Crippen LogP contribution >= 0.6 is 0 Å². The van der Waals surface area contributed by atoms with Crippen LogP contribution in [-0.2, 0) is 0 Å². The highest BCUT2D eigenvalue weighted by Gasteiger charge is 2.32. The highest BCUT2D eigenvalue weighted by atomic mass is 15.1. The first-order valence-electron chi connectivity index (χ1n) is 9.20. The Morgan fingerprint density at radius 1 is 1.00 bits per heavy atom. The topological polar surface area (TPSA) is 29.3 Å². The van der Waals surface area contributed by atoms with Gasteiger partial charge in [-0.2, -0.15) is 0 Å². The maximum Gasteiger partial charge on any atom is 0.00501 e. The van der Waals surface area contributed by atoms with Crippen molar-refractivity contribution < 1.29 is 0 Å². The Hall–Kier alpha value is -0.0800. The molecule has 2 heteroatoms. The first kappa shape index (κ1) is 16.3. The van der Waals surface area contributed by atoms with Crippen molar-refractivity contribution in [2.45, 2.75) is 77.6 Å². The third-order valence-corrected chi connectivity index (χ3v) is 5.79. The number of nitrogens with two attached hydrogens (primary N) is 1. The normalized spacial score (nSPS) is 28.8. The zero-order valence-corrected chi connectivity index (χ0v) is 13.7. The highest BCUT2D eigenvalue weighted by Crippen LogP contribution is 2.35. The molecule has 1 heterocycles. The summed E-state index contributed by atoms with van der Waals surface area (Å²) in [6.45, 7) is 7.16. The van der Waals surface area contributed by atoms with Crippen LogP contribution in [0.2, 0.25) is 0 Å². The minimum Gasteiger partial charge on any atom is -0.330 e. The van der Waals surface area contributed by atoms with E-state index in [1.165, 1.54) is 90.3 Å². The van der Waals surface area contributed by atoms with Crippen molar-refractivity contribution in [1.29, 1.82) is 0 Å². The number of nitrogens with zero attached hydrogens (tertiary/aromatic N) is 1. The van der Waals surface area contributed by atoms with Gasteiger partial charge < -0.3 is 10.6 Å². The highest BCUT2D eigenvalue weighted by molar-refractivity contribution is 4.86. The van der Waals surface area contributed by atoms with E-state index >= 15 is 0 Å². The van der Waals surface area contributed by atoms with E-state index in [1.54, 1.807) is 0 Å². The second-order valence-electron chi connectivity index (χ2n) is 7.48. The van der Waals surface area contributed by atoms with Crippen molar-refractivity contribution in [3.8, 4) is 0 Å². The number of hydrogen-bond acceptors (Lipinski definition) is 2. The molecular formula is C18H36N2. The summed E-state index contributed by atoms with van der Waals surface area (Å²) in [5.41, 5.74) is 6.66. The van der Waals surface area contributed by atoms with Gasteiger partial charge in [-0.3, -0.25) is 0 Å². The second-order valence-corrected chi connectivity index (χ2v) is 7.48. The molecule has 0 radical (unpaired) electrons. The Bertz CT molecular complexity index is 256. The minimum absolute atomic E-state index is 0.446. The lowest BCUT2D eigenvalue weighted by Crippen LogP contribution is -2.43. The van der Waals surface area contributed by atoms with Gasteiger partial charge in [0.2, 0.25) is 0 Å². The lowest BCUT2D eigenvalue weighted by atomic mass is 9.80. The molecule has 118 valence electrons. The summed E-state index contributed by atoms with van der Waals surface area (Å²) in [5, 5.41) is 0. The zero-order valence-electron chi connectivity index (χ0n) is 13.7. The molecule has 1 atom stereocenters. The van der Waals surface area contributed by atoms with Crippen LogP contribution in [0.1, 0.15) is 77.6 Å². The third-order valence-electron chi connectivity index (χ3n) is 5.79. The maximum atomic E-state index is 6.21. The van der Waals surface area contributed by atoms with Gasteiger partial charge in [-0.25, -0.2) is 0 Å². The van der Waals surface area contributed by atoms with Crippen LogP contribution in [0.25, 0.3) is 0 Å². The molecule has 0 aromatic heterocycles. The standard InChI is InChI=1S/C18H36N2/c1-2-8-17-9-7-13-20(14-10-17)16-18(15-19)11-5-3-4-6-12-18/h17H,2-16,19H2,1H3. The summed E-state index contributed by atoms with van der Waals surface area (Å²) in [5.74, 6) is 0.993. The molecule has 2 nitrogen and oxygen atoms in total. The van der Waals surface area contributed by atoms with Crippen LogP contribution in [-0.4, -0.2) is 31.1 Å². The van der Waals surface area contributed by atoms with Crippen LogP contribution in [0.5, 0.6) is 0 Å². The van der Waals surface area contributed by atoms with Gasteiger partial charge in [-0.1, -0.05) is 45.4 Å². The fraction of sp³-hybridized carbons (Fsp3) is 1.00. The van der Waals surface area contributed by atoms with E-state index in [2.05, 4.69) is 11.8 Å². The molecule has 2 fully saturated rings. The van der Waals surface area contributed by atoms with Crippen molar-refractivity contribution in [2.24, 2.45) is 17.1 Å². The summed E-state index contributed by atoms with van der Waals surface area (Å²) >= 11 is 0. The molecule has 20 heavy (non-hydrogen) atoms. The van der Waals surface area contributed by atoms with Gasteiger partial charge in [0.1, 0.15) is 0 Å². The largest absolute Gasteiger partial charge is 0.330 e. The van der Waals surface area contributed by atoms with Gasteiger partial charge in [0.15, 0.2) is 0 Å². The predicted octanol–water partition coefficient (Wildman–Crippen LogP) is 4.19. The Kier molecular flexibility index (Phi) is 6.83. The lowest BCUT2D eigenvalue weighted by Gasteiger charge is -2.37. The number of hydrogen-bond donors (Lipinski definition) is 1. The minimum atomic E-state index is 0.446. The van der Waals surface area contributed by atoms with Crippen molar-refractivity contribution in [1.82, 2.24) is 4.90 Å². The summed E-state index contributed by atoms with van der Waals surface area (Å²) in [6, 6.07) is 0. The van der Waals surface area contributed by atoms with E-state index in [4.69, 9.17) is 5.73 Å². The van der Waals surface area contributed by atoms with Crippen LogP contribution in [0, 0.1) is 11.3 Å². The molecule has 1 aliphatic carbocycles. The lowest BCUT2D eigenvalue weighted by molar-refractivity contribution is 0.138. The molecule has 0 spiro atoms. The molecule has 2 N–H and O–H groups in total. The second kappa shape index (κ2) is 8.38. The third kappa shape index (κ3) is 4.73. The van der Waals surface area contributed by atoms with Crippen LogP contribution in [0.4, 0.5) is 0 Å². The van der Waals surface area contributed by atoms with Crippen LogP contribution in [0.3, 0.4) is 0 Å².